The van der Waals surface area contributed by atoms with Gasteiger partial charge in [0.15, 0.2) is 0 Å². The number of thiazole rings is 1. The first kappa shape index (κ1) is 12.5. The summed E-state index contributed by atoms with van der Waals surface area (Å²) in [6, 6.07) is 6.22. The summed E-state index contributed by atoms with van der Waals surface area (Å²) < 4.78 is 5.78. The fourth-order valence-corrected chi connectivity index (χ4v) is 2.48. The van der Waals surface area contributed by atoms with Crippen LogP contribution in [0.2, 0.25) is 0 Å². The van der Waals surface area contributed by atoms with Crippen molar-refractivity contribution in [3.8, 4) is 5.75 Å². The van der Waals surface area contributed by atoms with Crippen molar-refractivity contribution < 1.29 is 4.74 Å². The van der Waals surface area contributed by atoms with Crippen molar-refractivity contribution in [2.45, 2.75) is 26.2 Å². The fraction of sp³-hybridized carbons (Fsp3) is 0.308. The quantitative estimate of drug-likeness (QED) is 0.850. The Bertz CT molecular complexity index is 508. The Morgan fingerprint density at radius 3 is 2.88 bits per heavy atom. The van der Waals surface area contributed by atoms with Crippen LogP contribution in [0.1, 0.15) is 21.8 Å². The van der Waals surface area contributed by atoms with Crippen molar-refractivity contribution in [2.24, 2.45) is 0 Å². The normalized spacial score (nSPS) is 10.5. The summed E-state index contributed by atoms with van der Waals surface area (Å²) in [4.78, 5) is 4.41. The van der Waals surface area contributed by atoms with Crippen LogP contribution in [0.4, 0.5) is 0 Å². The van der Waals surface area contributed by atoms with Gasteiger partial charge < -0.3 is 4.74 Å². The smallest absolute Gasteiger partial charge is 0.140 e. The van der Waals surface area contributed by atoms with Gasteiger partial charge in [-0.2, -0.15) is 12.6 Å². The monoisotopic (exact) mass is 265 g/mol. The number of aromatic nitrogens is 1. The van der Waals surface area contributed by atoms with Gasteiger partial charge in [0, 0.05) is 11.1 Å². The molecule has 1 heterocycles. The van der Waals surface area contributed by atoms with Gasteiger partial charge in [0.2, 0.25) is 0 Å². The van der Waals surface area contributed by atoms with Crippen LogP contribution < -0.4 is 4.74 Å². The predicted octanol–water partition coefficient (Wildman–Crippen LogP) is 3.77. The average molecular weight is 265 g/mol. The van der Waals surface area contributed by atoms with E-state index in [9.17, 15) is 0 Å². The van der Waals surface area contributed by atoms with E-state index in [2.05, 4.69) is 49.7 Å². The van der Waals surface area contributed by atoms with E-state index in [1.807, 2.05) is 5.38 Å². The zero-order valence-electron chi connectivity index (χ0n) is 9.93. The molecule has 0 aliphatic carbocycles. The molecule has 0 radical (unpaired) electrons. The predicted molar refractivity (Wildman–Crippen MR) is 75.1 cm³/mol. The van der Waals surface area contributed by atoms with Gasteiger partial charge in [0.05, 0.1) is 5.69 Å². The maximum absolute atomic E-state index is 5.78. The first-order valence-corrected chi connectivity index (χ1v) is 6.94. The van der Waals surface area contributed by atoms with Crippen LogP contribution in [0.15, 0.2) is 23.6 Å². The van der Waals surface area contributed by atoms with Crippen LogP contribution in [-0.2, 0) is 12.4 Å². The Hall–Kier alpha value is -1.00. The van der Waals surface area contributed by atoms with E-state index in [0.717, 1.165) is 22.0 Å². The zero-order valence-corrected chi connectivity index (χ0v) is 11.6. The molecule has 0 aliphatic rings. The Balaban J connectivity index is 2.04. The molecule has 2 aromatic rings. The van der Waals surface area contributed by atoms with Crippen LogP contribution in [0.25, 0.3) is 0 Å². The van der Waals surface area contributed by atoms with E-state index in [1.54, 1.807) is 11.3 Å². The molecule has 17 heavy (non-hydrogen) atoms. The highest BCUT2D eigenvalue weighted by Gasteiger charge is 2.04. The third kappa shape index (κ3) is 3.23. The van der Waals surface area contributed by atoms with Crippen LogP contribution >= 0.6 is 24.0 Å². The van der Waals surface area contributed by atoms with Gasteiger partial charge in [-0.15, -0.1) is 11.3 Å². The highest BCUT2D eigenvalue weighted by Crippen LogP contribution is 2.21. The lowest BCUT2D eigenvalue weighted by atomic mass is 10.1. The van der Waals surface area contributed by atoms with Gasteiger partial charge in [-0.3, -0.25) is 0 Å². The maximum atomic E-state index is 5.78. The van der Waals surface area contributed by atoms with E-state index < -0.39 is 0 Å². The summed E-state index contributed by atoms with van der Waals surface area (Å²) in [7, 11) is 0. The second-order valence-electron chi connectivity index (χ2n) is 3.95. The molecule has 2 rings (SSSR count). The summed E-state index contributed by atoms with van der Waals surface area (Å²) in [5.74, 6) is 1.62. The molecule has 0 unspecified atom stereocenters. The van der Waals surface area contributed by atoms with Gasteiger partial charge in [-0.25, -0.2) is 4.98 Å². The van der Waals surface area contributed by atoms with Crippen molar-refractivity contribution in [1.29, 1.82) is 0 Å². The highest BCUT2D eigenvalue weighted by atomic mass is 32.1. The number of thiol groups is 1. The first-order valence-electron chi connectivity index (χ1n) is 5.43. The van der Waals surface area contributed by atoms with E-state index in [-0.39, 0.29) is 0 Å². The van der Waals surface area contributed by atoms with Crippen molar-refractivity contribution in [3.05, 3.63) is 45.4 Å². The topological polar surface area (TPSA) is 22.1 Å². The molecule has 0 spiro atoms. The zero-order chi connectivity index (χ0) is 12.3. The third-order valence-corrected chi connectivity index (χ3v) is 3.65. The van der Waals surface area contributed by atoms with Gasteiger partial charge in [0.1, 0.15) is 17.4 Å². The molecule has 0 saturated heterocycles. The van der Waals surface area contributed by atoms with Crippen molar-refractivity contribution in [3.63, 3.8) is 0 Å². The Labute approximate surface area is 111 Å². The fourth-order valence-electron chi connectivity index (χ4n) is 1.49. The SMILES string of the molecule is Cc1ccc(C)c(OCc2nc(CS)cs2)c1. The van der Waals surface area contributed by atoms with Gasteiger partial charge in [0.25, 0.3) is 0 Å². The molecule has 0 amide bonds. The molecular formula is C13H15NOS2. The number of hydrogen-bond donors (Lipinski definition) is 1. The lowest BCUT2D eigenvalue weighted by Crippen LogP contribution is -1.97. The minimum Gasteiger partial charge on any atom is -0.486 e. The second kappa shape index (κ2) is 5.56. The first-order chi connectivity index (χ1) is 8.19. The average Bonchev–Trinajstić information content (AvgIpc) is 2.78. The molecular weight excluding hydrogens is 250 g/mol. The third-order valence-electron chi connectivity index (χ3n) is 2.46. The molecule has 90 valence electrons. The summed E-state index contributed by atoms with van der Waals surface area (Å²) >= 11 is 5.81. The minimum atomic E-state index is 0.530. The highest BCUT2D eigenvalue weighted by molar-refractivity contribution is 7.79. The number of aryl methyl sites for hydroxylation is 2. The standard InChI is InChI=1S/C13H15NOS2/c1-9-3-4-10(2)12(5-9)15-6-13-14-11(7-16)8-17-13/h3-5,8,16H,6-7H2,1-2H3. The van der Waals surface area contributed by atoms with E-state index in [0.29, 0.717) is 12.4 Å². The molecule has 0 aliphatic heterocycles. The van der Waals surface area contributed by atoms with Crippen LogP contribution in [0.5, 0.6) is 5.75 Å². The van der Waals surface area contributed by atoms with Gasteiger partial charge >= 0.3 is 0 Å². The number of nitrogens with zero attached hydrogens (tertiary/aromatic N) is 1. The Morgan fingerprint density at radius 2 is 2.18 bits per heavy atom. The number of ether oxygens (including phenoxy) is 1. The van der Waals surface area contributed by atoms with Crippen LogP contribution in [0.3, 0.4) is 0 Å². The maximum Gasteiger partial charge on any atom is 0.140 e. The molecule has 0 bridgehead atoms. The molecule has 0 fully saturated rings. The van der Waals surface area contributed by atoms with Crippen molar-refractivity contribution in [1.82, 2.24) is 4.98 Å². The van der Waals surface area contributed by atoms with Gasteiger partial charge in [-0.05, 0) is 31.0 Å². The number of hydrogen-bond acceptors (Lipinski definition) is 4. The lowest BCUT2D eigenvalue weighted by Gasteiger charge is -2.08. The largest absolute Gasteiger partial charge is 0.486 e. The van der Waals surface area contributed by atoms with Crippen LogP contribution in [-0.4, -0.2) is 4.98 Å². The summed E-state index contributed by atoms with van der Waals surface area (Å²) in [6.45, 7) is 4.65. The minimum absolute atomic E-state index is 0.530. The molecule has 0 saturated carbocycles. The lowest BCUT2D eigenvalue weighted by molar-refractivity contribution is 0.303. The molecule has 4 heteroatoms. The molecule has 1 aromatic heterocycles. The molecule has 2 nitrogen and oxygen atoms in total. The molecule has 0 atom stereocenters. The molecule has 0 N–H and O–H groups in total. The molecule has 1 aromatic carbocycles. The van der Waals surface area contributed by atoms with E-state index in [1.165, 1.54) is 5.56 Å². The Kier molecular flexibility index (Phi) is 4.07. The number of benzene rings is 1. The number of rotatable bonds is 4. The van der Waals surface area contributed by atoms with Gasteiger partial charge in [-0.1, -0.05) is 12.1 Å². The van der Waals surface area contributed by atoms with Crippen molar-refractivity contribution in [2.75, 3.05) is 0 Å². The summed E-state index contributed by atoms with van der Waals surface area (Å²) in [5, 5.41) is 3.02. The van der Waals surface area contributed by atoms with E-state index in [4.69, 9.17) is 4.74 Å². The Morgan fingerprint density at radius 1 is 1.35 bits per heavy atom. The van der Waals surface area contributed by atoms with Crippen molar-refractivity contribution >= 4 is 24.0 Å². The van der Waals surface area contributed by atoms with Crippen LogP contribution in [0, 0.1) is 13.8 Å². The summed E-state index contributed by atoms with van der Waals surface area (Å²) in [6.07, 6.45) is 0. The van der Waals surface area contributed by atoms with E-state index >= 15 is 0 Å². The summed E-state index contributed by atoms with van der Waals surface area (Å²) in [5.41, 5.74) is 3.38. The second-order valence-corrected chi connectivity index (χ2v) is 5.21.